The summed E-state index contributed by atoms with van der Waals surface area (Å²) in [6.07, 6.45) is 0. The van der Waals surface area contributed by atoms with Gasteiger partial charge in [0, 0.05) is 4.90 Å². The lowest BCUT2D eigenvalue weighted by molar-refractivity contribution is -0.114. The minimum Gasteiger partial charge on any atom is -0.495 e. The van der Waals surface area contributed by atoms with E-state index in [9.17, 15) is 13.6 Å². The highest BCUT2D eigenvalue weighted by atomic mass is 32.2. The zero-order valence-electron chi connectivity index (χ0n) is 12.4. The fraction of sp³-hybridized carbons (Fsp3) is 0.188. The van der Waals surface area contributed by atoms with Gasteiger partial charge in [-0.15, -0.1) is 0 Å². The Morgan fingerprint density at radius 2 is 1.78 bits per heavy atom. The molecule has 0 unspecified atom stereocenters. The van der Waals surface area contributed by atoms with Crippen molar-refractivity contribution in [3.63, 3.8) is 0 Å². The summed E-state index contributed by atoms with van der Waals surface area (Å²) < 4.78 is 30.2. The van der Waals surface area contributed by atoms with E-state index >= 15 is 0 Å². The average Bonchev–Trinajstić information content (AvgIpc) is 2.54. The molecular formula is C16H16F2N2O2S. The highest BCUT2D eigenvalue weighted by Gasteiger charge is 2.12. The number of anilines is 2. The van der Waals surface area contributed by atoms with Crippen molar-refractivity contribution in [1.82, 2.24) is 0 Å². The lowest BCUT2D eigenvalue weighted by atomic mass is 10.3. The smallest absolute Gasteiger partial charge is 0.288 e. The van der Waals surface area contributed by atoms with Crippen molar-refractivity contribution >= 4 is 29.0 Å². The van der Waals surface area contributed by atoms with E-state index in [2.05, 4.69) is 10.6 Å². The Labute approximate surface area is 137 Å². The number of rotatable bonds is 7. The molecule has 4 nitrogen and oxygen atoms in total. The molecule has 122 valence electrons. The van der Waals surface area contributed by atoms with Gasteiger partial charge in [0.25, 0.3) is 5.76 Å². The van der Waals surface area contributed by atoms with E-state index < -0.39 is 5.76 Å². The van der Waals surface area contributed by atoms with Gasteiger partial charge in [0.15, 0.2) is 0 Å². The van der Waals surface area contributed by atoms with Crippen molar-refractivity contribution in [1.29, 1.82) is 0 Å². The first kappa shape index (κ1) is 17.1. The predicted molar refractivity (Wildman–Crippen MR) is 88.4 cm³/mol. The number of hydrogen-bond acceptors (Lipinski definition) is 4. The van der Waals surface area contributed by atoms with Crippen LogP contribution in [0.5, 0.6) is 5.75 Å². The van der Waals surface area contributed by atoms with Crippen LogP contribution in [-0.4, -0.2) is 25.3 Å². The van der Waals surface area contributed by atoms with Gasteiger partial charge in [-0.25, -0.2) is 0 Å². The number of hydrogen-bond donors (Lipinski definition) is 2. The molecule has 0 bridgehead atoms. The second-order valence-corrected chi connectivity index (χ2v) is 5.51. The molecule has 0 aliphatic rings. The van der Waals surface area contributed by atoms with Crippen LogP contribution in [-0.2, 0) is 4.79 Å². The minimum absolute atomic E-state index is 0.00590. The molecule has 0 atom stereocenters. The van der Waals surface area contributed by atoms with Crippen LogP contribution in [0.15, 0.2) is 53.4 Å². The molecule has 2 aromatic carbocycles. The number of amides is 1. The lowest BCUT2D eigenvalue weighted by Crippen LogP contribution is -2.22. The van der Waals surface area contributed by atoms with Gasteiger partial charge < -0.3 is 15.4 Å². The van der Waals surface area contributed by atoms with Gasteiger partial charge in [0.2, 0.25) is 5.91 Å². The van der Waals surface area contributed by atoms with Crippen LogP contribution in [0.25, 0.3) is 0 Å². The first-order valence-corrected chi connectivity index (χ1v) is 7.68. The molecule has 1 amide bonds. The van der Waals surface area contributed by atoms with Crippen LogP contribution in [0, 0.1) is 0 Å². The maximum atomic E-state index is 12.5. The second kappa shape index (κ2) is 8.38. The van der Waals surface area contributed by atoms with Crippen LogP contribution in [0.2, 0.25) is 0 Å². The number of benzene rings is 2. The lowest BCUT2D eigenvalue weighted by Gasteiger charge is -2.12. The van der Waals surface area contributed by atoms with E-state index in [1.54, 1.807) is 43.5 Å². The van der Waals surface area contributed by atoms with Crippen molar-refractivity contribution in [3.05, 3.63) is 48.5 Å². The van der Waals surface area contributed by atoms with Gasteiger partial charge in [-0.2, -0.15) is 8.78 Å². The van der Waals surface area contributed by atoms with Crippen LogP contribution < -0.4 is 15.4 Å². The van der Waals surface area contributed by atoms with Gasteiger partial charge in [0.05, 0.1) is 25.0 Å². The van der Waals surface area contributed by atoms with E-state index in [0.29, 0.717) is 33.8 Å². The standard InChI is InChI=1S/C16H16F2N2O2S/c1-22-13-8-4-2-6-11(13)19-10-15(21)20-12-7-3-5-9-14(12)23-16(17)18/h2-9,16,19H,10H2,1H3,(H,20,21). The zero-order chi connectivity index (χ0) is 16.7. The molecule has 0 spiro atoms. The Hall–Kier alpha value is -2.28. The van der Waals surface area contributed by atoms with Gasteiger partial charge in [-0.05, 0) is 24.3 Å². The molecule has 0 aliphatic carbocycles. The van der Waals surface area contributed by atoms with E-state index in [1.807, 2.05) is 12.1 Å². The van der Waals surface area contributed by atoms with Crippen LogP contribution >= 0.6 is 11.8 Å². The molecule has 0 aromatic heterocycles. The number of carbonyl (C=O) groups is 1. The fourth-order valence-corrected chi connectivity index (χ4v) is 2.52. The van der Waals surface area contributed by atoms with E-state index in [-0.39, 0.29) is 12.5 Å². The maximum Gasteiger partial charge on any atom is 0.288 e. The number of halogens is 2. The first-order chi connectivity index (χ1) is 11.1. The molecule has 0 radical (unpaired) electrons. The average molecular weight is 338 g/mol. The molecule has 0 aliphatic heterocycles. The molecule has 0 saturated heterocycles. The summed E-state index contributed by atoms with van der Waals surface area (Å²) in [6, 6.07) is 13.7. The Bertz CT molecular complexity index is 668. The van der Waals surface area contributed by atoms with E-state index in [4.69, 9.17) is 4.74 Å². The summed E-state index contributed by atoms with van der Waals surface area (Å²) in [7, 11) is 1.54. The van der Waals surface area contributed by atoms with Crippen LogP contribution in [0.3, 0.4) is 0 Å². The molecule has 0 heterocycles. The highest BCUT2D eigenvalue weighted by molar-refractivity contribution is 7.99. The van der Waals surface area contributed by atoms with Gasteiger partial charge in [0.1, 0.15) is 5.75 Å². The van der Waals surface area contributed by atoms with E-state index in [0.717, 1.165) is 0 Å². The van der Waals surface area contributed by atoms with Crippen molar-refractivity contribution in [2.75, 3.05) is 24.3 Å². The first-order valence-electron chi connectivity index (χ1n) is 6.80. The number of nitrogens with one attached hydrogen (secondary N) is 2. The molecule has 7 heteroatoms. The molecule has 23 heavy (non-hydrogen) atoms. The van der Waals surface area contributed by atoms with Gasteiger partial charge in [-0.3, -0.25) is 4.79 Å². The Morgan fingerprint density at radius 3 is 2.48 bits per heavy atom. The molecule has 0 saturated carbocycles. The molecule has 2 aromatic rings. The number of thioether (sulfide) groups is 1. The Morgan fingerprint density at radius 1 is 1.13 bits per heavy atom. The zero-order valence-corrected chi connectivity index (χ0v) is 13.2. The van der Waals surface area contributed by atoms with Crippen molar-refractivity contribution in [2.24, 2.45) is 0 Å². The molecule has 2 rings (SSSR count). The largest absolute Gasteiger partial charge is 0.495 e. The number of ether oxygens (including phenoxy) is 1. The monoisotopic (exact) mass is 338 g/mol. The van der Waals surface area contributed by atoms with E-state index in [1.165, 1.54) is 0 Å². The summed E-state index contributed by atoms with van der Waals surface area (Å²) in [5.74, 6) is -2.26. The normalized spacial score (nSPS) is 10.4. The summed E-state index contributed by atoms with van der Waals surface area (Å²) in [5, 5.41) is 5.58. The topological polar surface area (TPSA) is 50.4 Å². The van der Waals surface area contributed by atoms with Crippen molar-refractivity contribution in [3.8, 4) is 5.75 Å². The third-order valence-corrected chi connectivity index (χ3v) is 3.71. The van der Waals surface area contributed by atoms with Crippen molar-refractivity contribution in [2.45, 2.75) is 10.7 Å². The van der Waals surface area contributed by atoms with Gasteiger partial charge >= 0.3 is 0 Å². The summed E-state index contributed by atoms with van der Waals surface area (Å²) >= 11 is 0.399. The SMILES string of the molecule is COc1ccccc1NCC(=O)Nc1ccccc1SC(F)F. The van der Waals surface area contributed by atoms with Crippen molar-refractivity contribution < 1.29 is 18.3 Å². The highest BCUT2D eigenvalue weighted by Crippen LogP contribution is 2.31. The molecule has 2 N–H and O–H groups in total. The fourth-order valence-electron chi connectivity index (χ4n) is 1.93. The summed E-state index contributed by atoms with van der Waals surface area (Å²) in [6.45, 7) is -0.00590. The van der Waals surface area contributed by atoms with Crippen LogP contribution in [0.1, 0.15) is 0 Å². The Kier molecular flexibility index (Phi) is 6.22. The molecular weight excluding hydrogens is 322 g/mol. The third-order valence-electron chi connectivity index (χ3n) is 2.92. The van der Waals surface area contributed by atoms with Crippen LogP contribution in [0.4, 0.5) is 20.2 Å². The third kappa shape index (κ3) is 5.14. The minimum atomic E-state index is -2.54. The quantitative estimate of drug-likeness (QED) is 0.748. The maximum absolute atomic E-state index is 12.5. The number of alkyl halides is 2. The summed E-state index contributed by atoms with van der Waals surface area (Å²) in [5.41, 5.74) is 1.05. The summed E-state index contributed by atoms with van der Waals surface area (Å²) in [4.78, 5) is 12.3. The molecule has 0 fully saturated rings. The second-order valence-electron chi connectivity index (χ2n) is 4.48. The predicted octanol–water partition coefficient (Wildman–Crippen LogP) is 4.06. The number of methoxy groups -OCH3 is 1. The Balaban J connectivity index is 1.97. The number of para-hydroxylation sites is 3. The van der Waals surface area contributed by atoms with Gasteiger partial charge in [-0.1, -0.05) is 36.0 Å². The number of carbonyl (C=O) groups excluding carboxylic acids is 1.